The summed E-state index contributed by atoms with van der Waals surface area (Å²) in [6.07, 6.45) is 1.82. The van der Waals surface area contributed by atoms with Gasteiger partial charge in [0.15, 0.2) is 0 Å². The number of nitrogens with one attached hydrogen (secondary N) is 1. The molecule has 108 valence electrons. The third-order valence-electron chi connectivity index (χ3n) is 3.09. The molecule has 0 radical (unpaired) electrons. The molecule has 1 N–H and O–H groups in total. The minimum Gasteiger partial charge on any atom is -0.311 e. The fourth-order valence-electron chi connectivity index (χ4n) is 2.23. The summed E-state index contributed by atoms with van der Waals surface area (Å²) in [5, 5.41) is 11.7. The molecule has 0 bridgehead atoms. The van der Waals surface area contributed by atoms with Crippen LogP contribution < -0.4 is 5.32 Å². The Morgan fingerprint density at radius 3 is 2.70 bits per heavy atom. The van der Waals surface area contributed by atoms with Crippen LogP contribution in [0, 0.1) is 19.8 Å². The first-order chi connectivity index (χ1) is 9.49. The molecule has 1 heterocycles. The van der Waals surface area contributed by atoms with E-state index < -0.39 is 0 Å². The van der Waals surface area contributed by atoms with E-state index >= 15 is 0 Å². The summed E-state index contributed by atoms with van der Waals surface area (Å²) < 4.78 is 2.96. The Morgan fingerprint density at radius 1 is 1.30 bits per heavy atom. The highest BCUT2D eigenvalue weighted by Gasteiger charge is 2.12. The Hall–Kier alpha value is -1.20. The number of benzene rings is 1. The van der Waals surface area contributed by atoms with E-state index in [2.05, 4.69) is 71.4 Å². The average molecular weight is 337 g/mol. The Bertz CT molecular complexity index is 566. The van der Waals surface area contributed by atoms with Crippen LogP contribution in [0.3, 0.4) is 0 Å². The lowest BCUT2D eigenvalue weighted by atomic mass is 10.1. The average Bonchev–Trinajstić information content (AvgIpc) is 2.75. The van der Waals surface area contributed by atoms with Crippen molar-refractivity contribution in [3.8, 4) is 5.69 Å². The summed E-state index contributed by atoms with van der Waals surface area (Å²) in [5.41, 5.74) is 4.55. The van der Waals surface area contributed by atoms with Gasteiger partial charge in [-0.1, -0.05) is 25.1 Å². The van der Waals surface area contributed by atoms with Crippen molar-refractivity contribution in [1.82, 2.24) is 20.3 Å². The Kier molecular flexibility index (Phi) is 4.94. The first kappa shape index (κ1) is 15.2. The molecule has 0 saturated heterocycles. The fourth-order valence-corrected chi connectivity index (χ4v) is 3.07. The molecule has 2 aromatic rings. The second-order valence-corrected chi connectivity index (χ2v) is 6.43. The SMILES string of the molecule is Cc1cc(C)c(-n2nncc2CNCC(C)C)c(Br)c1. The number of hydrogen-bond acceptors (Lipinski definition) is 3. The van der Waals surface area contributed by atoms with Crippen molar-refractivity contribution < 1.29 is 0 Å². The van der Waals surface area contributed by atoms with Gasteiger partial charge in [0.25, 0.3) is 0 Å². The van der Waals surface area contributed by atoms with Crippen molar-refractivity contribution in [2.75, 3.05) is 6.54 Å². The lowest BCUT2D eigenvalue weighted by Crippen LogP contribution is -2.21. The summed E-state index contributed by atoms with van der Waals surface area (Å²) in [7, 11) is 0. The van der Waals surface area contributed by atoms with E-state index in [-0.39, 0.29) is 0 Å². The molecule has 20 heavy (non-hydrogen) atoms. The Labute approximate surface area is 128 Å². The van der Waals surface area contributed by atoms with Crippen LogP contribution in [0.5, 0.6) is 0 Å². The standard InChI is InChI=1S/C15H21BrN4/c1-10(2)7-17-8-13-9-18-19-20(13)15-12(4)5-11(3)6-14(15)16/h5-6,9-10,17H,7-8H2,1-4H3. The zero-order valence-electron chi connectivity index (χ0n) is 12.4. The van der Waals surface area contributed by atoms with Crippen LogP contribution in [0.4, 0.5) is 0 Å². The smallest absolute Gasteiger partial charge is 0.0838 e. The van der Waals surface area contributed by atoms with Gasteiger partial charge in [0.1, 0.15) is 0 Å². The predicted octanol–water partition coefficient (Wildman–Crippen LogP) is 3.39. The molecule has 0 atom stereocenters. The van der Waals surface area contributed by atoms with Gasteiger partial charge < -0.3 is 5.32 Å². The van der Waals surface area contributed by atoms with E-state index in [1.807, 2.05) is 10.9 Å². The molecule has 2 rings (SSSR count). The summed E-state index contributed by atoms with van der Waals surface area (Å²) in [6.45, 7) is 10.3. The molecule has 4 nitrogen and oxygen atoms in total. The monoisotopic (exact) mass is 336 g/mol. The molecular weight excluding hydrogens is 316 g/mol. The van der Waals surface area contributed by atoms with E-state index in [1.165, 1.54) is 11.1 Å². The molecule has 0 aliphatic carbocycles. The molecule has 5 heteroatoms. The topological polar surface area (TPSA) is 42.7 Å². The third kappa shape index (κ3) is 3.46. The number of halogens is 1. The summed E-state index contributed by atoms with van der Waals surface area (Å²) in [4.78, 5) is 0. The summed E-state index contributed by atoms with van der Waals surface area (Å²) in [6, 6.07) is 4.27. The Balaban J connectivity index is 2.28. The van der Waals surface area contributed by atoms with Crippen molar-refractivity contribution in [2.45, 2.75) is 34.2 Å². The van der Waals surface area contributed by atoms with E-state index in [1.54, 1.807) is 0 Å². The highest BCUT2D eigenvalue weighted by Crippen LogP contribution is 2.26. The van der Waals surface area contributed by atoms with Gasteiger partial charge in [0, 0.05) is 11.0 Å². The molecule has 1 aromatic carbocycles. The van der Waals surface area contributed by atoms with Crippen LogP contribution in [0.2, 0.25) is 0 Å². The second kappa shape index (κ2) is 6.50. The van der Waals surface area contributed by atoms with Gasteiger partial charge in [-0.2, -0.15) is 0 Å². The maximum Gasteiger partial charge on any atom is 0.0838 e. The molecule has 0 amide bonds. The highest BCUT2D eigenvalue weighted by molar-refractivity contribution is 9.10. The first-order valence-corrected chi connectivity index (χ1v) is 7.65. The largest absolute Gasteiger partial charge is 0.311 e. The van der Waals surface area contributed by atoms with Crippen molar-refractivity contribution in [1.29, 1.82) is 0 Å². The maximum absolute atomic E-state index is 4.23. The van der Waals surface area contributed by atoms with E-state index in [4.69, 9.17) is 0 Å². The van der Waals surface area contributed by atoms with Crippen LogP contribution >= 0.6 is 15.9 Å². The number of hydrogen-bond donors (Lipinski definition) is 1. The third-order valence-corrected chi connectivity index (χ3v) is 3.69. The molecule has 0 saturated carbocycles. The molecule has 0 aliphatic rings. The number of rotatable bonds is 5. The minimum absolute atomic E-state index is 0.632. The molecule has 0 fully saturated rings. The lowest BCUT2D eigenvalue weighted by Gasteiger charge is -2.13. The van der Waals surface area contributed by atoms with E-state index in [0.717, 1.165) is 28.9 Å². The lowest BCUT2D eigenvalue weighted by molar-refractivity contribution is 0.542. The normalized spacial score (nSPS) is 11.3. The second-order valence-electron chi connectivity index (χ2n) is 5.57. The number of nitrogens with zero attached hydrogens (tertiary/aromatic N) is 3. The summed E-state index contributed by atoms with van der Waals surface area (Å²) in [5.74, 6) is 0.632. The van der Waals surface area contributed by atoms with Crippen LogP contribution in [-0.4, -0.2) is 21.5 Å². The van der Waals surface area contributed by atoms with Gasteiger partial charge in [0.2, 0.25) is 0 Å². The molecule has 0 spiro atoms. The van der Waals surface area contributed by atoms with Crippen molar-refractivity contribution >= 4 is 15.9 Å². The van der Waals surface area contributed by atoms with Crippen LogP contribution in [0.1, 0.15) is 30.7 Å². The van der Waals surface area contributed by atoms with Gasteiger partial charge in [0.05, 0.1) is 17.6 Å². The van der Waals surface area contributed by atoms with Crippen LogP contribution in [-0.2, 0) is 6.54 Å². The minimum atomic E-state index is 0.632. The van der Waals surface area contributed by atoms with E-state index in [9.17, 15) is 0 Å². The van der Waals surface area contributed by atoms with Gasteiger partial charge in [-0.25, -0.2) is 4.68 Å². The molecule has 0 unspecified atom stereocenters. The van der Waals surface area contributed by atoms with E-state index in [0.29, 0.717) is 5.92 Å². The van der Waals surface area contributed by atoms with Gasteiger partial charge in [-0.15, -0.1) is 5.10 Å². The van der Waals surface area contributed by atoms with Crippen molar-refractivity contribution in [3.63, 3.8) is 0 Å². The van der Waals surface area contributed by atoms with Gasteiger partial charge in [-0.05, 0) is 59.4 Å². The zero-order valence-corrected chi connectivity index (χ0v) is 14.0. The van der Waals surface area contributed by atoms with Crippen molar-refractivity contribution in [2.24, 2.45) is 5.92 Å². The first-order valence-electron chi connectivity index (χ1n) is 6.86. The van der Waals surface area contributed by atoms with Gasteiger partial charge >= 0.3 is 0 Å². The molecule has 1 aromatic heterocycles. The fraction of sp³-hybridized carbons (Fsp3) is 0.467. The van der Waals surface area contributed by atoms with Crippen LogP contribution in [0.15, 0.2) is 22.8 Å². The van der Waals surface area contributed by atoms with Crippen LogP contribution in [0.25, 0.3) is 5.69 Å². The summed E-state index contributed by atoms with van der Waals surface area (Å²) >= 11 is 3.64. The number of aryl methyl sites for hydroxylation is 2. The van der Waals surface area contributed by atoms with Gasteiger partial charge in [-0.3, -0.25) is 0 Å². The number of aromatic nitrogens is 3. The molecular formula is C15H21BrN4. The zero-order chi connectivity index (χ0) is 14.7. The maximum atomic E-state index is 4.23. The molecule has 0 aliphatic heterocycles. The highest BCUT2D eigenvalue weighted by atomic mass is 79.9. The Morgan fingerprint density at radius 2 is 2.05 bits per heavy atom. The predicted molar refractivity (Wildman–Crippen MR) is 85.1 cm³/mol. The quantitative estimate of drug-likeness (QED) is 0.909. The van der Waals surface area contributed by atoms with Crippen molar-refractivity contribution in [3.05, 3.63) is 39.6 Å².